The van der Waals surface area contributed by atoms with E-state index in [0.717, 1.165) is 51.7 Å². The average molecular weight is 270 g/mol. The molecule has 1 rings (SSSR count). The first kappa shape index (κ1) is 16.4. The number of ether oxygens (including phenoxy) is 1. The molecule has 1 fully saturated rings. The maximum Gasteiger partial charge on any atom is 0.224 e. The fourth-order valence-electron chi connectivity index (χ4n) is 2.61. The van der Waals surface area contributed by atoms with Crippen molar-refractivity contribution in [3.63, 3.8) is 0 Å². The zero-order chi connectivity index (χ0) is 14.1. The number of carbonyl (C=O) groups excluding carboxylic acids is 1. The molecule has 0 bridgehead atoms. The molecule has 0 aromatic rings. The molecule has 3 atom stereocenters. The summed E-state index contributed by atoms with van der Waals surface area (Å²) in [6, 6.07) is 0.0227. The van der Waals surface area contributed by atoms with E-state index in [0.29, 0.717) is 12.5 Å². The molecule has 0 heterocycles. The summed E-state index contributed by atoms with van der Waals surface area (Å²) in [5.41, 5.74) is 6.12. The molecule has 0 spiro atoms. The van der Waals surface area contributed by atoms with E-state index in [2.05, 4.69) is 19.2 Å². The Morgan fingerprint density at radius 3 is 2.79 bits per heavy atom. The highest BCUT2D eigenvalue weighted by Crippen LogP contribution is 2.27. The fraction of sp³-hybridized carbons (Fsp3) is 0.933. The van der Waals surface area contributed by atoms with Gasteiger partial charge in [0, 0.05) is 25.8 Å². The summed E-state index contributed by atoms with van der Waals surface area (Å²) in [5, 5.41) is 3.00. The molecule has 4 nitrogen and oxygen atoms in total. The topological polar surface area (TPSA) is 64.3 Å². The largest absolute Gasteiger partial charge is 0.381 e. The minimum Gasteiger partial charge on any atom is -0.381 e. The van der Waals surface area contributed by atoms with Crippen LogP contribution in [0.4, 0.5) is 0 Å². The van der Waals surface area contributed by atoms with Crippen molar-refractivity contribution in [2.24, 2.45) is 17.6 Å². The summed E-state index contributed by atoms with van der Waals surface area (Å²) in [5.74, 6) is 0.597. The summed E-state index contributed by atoms with van der Waals surface area (Å²) < 4.78 is 5.46. The molecule has 3 N–H and O–H groups in total. The van der Waals surface area contributed by atoms with Crippen molar-refractivity contribution in [2.45, 2.75) is 58.4 Å². The van der Waals surface area contributed by atoms with Crippen molar-refractivity contribution in [3.8, 4) is 0 Å². The van der Waals surface area contributed by atoms with Crippen LogP contribution in [0.25, 0.3) is 0 Å². The van der Waals surface area contributed by atoms with Gasteiger partial charge in [-0.25, -0.2) is 0 Å². The van der Waals surface area contributed by atoms with Gasteiger partial charge in [0.15, 0.2) is 0 Å². The van der Waals surface area contributed by atoms with Gasteiger partial charge in [-0.15, -0.1) is 0 Å². The zero-order valence-electron chi connectivity index (χ0n) is 12.5. The number of nitrogens with one attached hydrogen (secondary N) is 1. The Bertz CT molecular complexity index is 259. The maximum atomic E-state index is 12.1. The van der Waals surface area contributed by atoms with Crippen LogP contribution in [0.3, 0.4) is 0 Å². The van der Waals surface area contributed by atoms with Crippen LogP contribution in [-0.2, 0) is 9.53 Å². The Kier molecular flexibility index (Phi) is 8.07. The Labute approximate surface area is 117 Å². The van der Waals surface area contributed by atoms with Gasteiger partial charge in [0.1, 0.15) is 0 Å². The van der Waals surface area contributed by atoms with E-state index >= 15 is 0 Å². The minimum absolute atomic E-state index is 0.00441. The van der Waals surface area contributed by atoms with Crippen molar-refractivity contribution in [2.75, 3.05) is 19.8 Å². The Hall–Kier alpha value is -0.610. The van der Waals surface area contributed by atoms with E-state index in [-0.39, 0.29) is 17.9 Å². The predicted molar refractivity (Wildman–Crippen MR) is 77.8 cm³/mol. The van der Waals surface area contributed by atoms with Crippen LogP contribution < -0.4 is 11.1 Å². The van der Waals surface area contributed by atoms with Crippen LogP contribution in [0, 0.1) is 11.8 Å². The van der Waals surface area contributed by atoms with Gasteiger partial charge in [-0.05, 0) is 31.6 Å². The SMILES string of the molecule is CCCCOCCCNC(=O)C1CCCC(C)C1N. The number of amides is 1. The summed E-state index contributed by atoms with van der Waals surface area (Å²) in [6.07, 6.45) is 6.36. The van der Waals surface area contributed by atoms with Crippen molar-refractivity contribution in [1.82, 2.24) is 5.32 Å². The fourth-order valence-corrected chi connectivity index (χ4v) is 2.61. The summed E-state index contributed by atoms with van der Waals surface area (Å²) >= 11 is 0. The van der Waals surface area contributed by atoms with Crippen molar-refractivity contribution in [1.29, 1.82) is 0 Å². The van der Waals surface area contributed by atoms with E-state index in [1.54, 1.807) is 0 Å². The van der Waals surface area contributed by atoms with E-state index in [1.807, 2.05) is 0 Å². The van der Waals surface area contributed by atoms with Gasteiger partial charge in [0.2, 0.25) is 5.91 Å². The molecule has 19 heavy (non-hydrogen) atoms. The van der Waals surface area contributed by atoms with Crippen LogP contribution in [0.1, 0.15) is 52.4 Å². The number of carbonyl (C=O) groups is 1. The van der Waals surface area contributed by atoms with E-state index in [1.165, 1.54) is 0 Å². The second-order valence-corrected chi connectivity index (χ2v) is 5.70. The number of nitrogens with two attached hydrogens (primary N) is 1. The first-order valence-corrected chi connectivity index (χ1v) is 7.77. The van der Waals surface area contributed by atoms with Crippen molar-refractivity contribution >= 4 is 5.91 Å². The minimum atomic E-state index is 0.00441. The van der Waals surface area contributed by atoms with E-state index < -0.39 is 0 Å². The third-order valence-corrected chi connectivity index (χ3v) is 4.04. The van der Waals surface area contributed by atoms with E-state index in [9.17, 15) is 4.79 Å². The number of hydrogen-bond donors (Lipinski definition) is 2. The van der Waals surface area contributed by atoms with Gasteiger partial charge in [0.05, 0.1) is 5.92 Å². The Morgan fingerprint density at radius 1 is 1.32 bits per heavy atom. The summed E-state index contributed by atoms with van der Waals surface area (Å²) in [7, 11) is 0. The predicted octanol–water partition coefficient (Wildman–Crippen LogP) is 2.07. The molecule has 0 aromatic heterocycles. The molecule has 3 unspecified atom stereocenters. The van der Waals surface area contributed by atoms with E-state index in [4.69, 9.17) is 10.5 Å². The summed E-state index contributed by atoms with van der Waals surface area (Å²) in [4.78, 5) is 12.1. The zero-order valence-corrected chi connectivity index (χ0v) is 12.5. The molecule has 1 aliphatic rings. The molecule has 1 amide bonds. The van der Waals surface area contributed by atoms with Crippen molar-refractivity contribution in [3.05, 3.63) is 0 Å². The van der Waals surface area contributed by atoms with Crippen LogP contribution >= 0.6 is 0 Å². The van der Waals surface area contributed by atoms with Gasteiger partial charge < -0.3 is 15.8 Å². The van der Waals surface area contributed by atoms with Crippen molar-refractivity contribution < 1.29 is 9.53 Å². The lowest BCUT2D eigenvalue weighted by molar-refractivity contribution is -0.127. The second kappa shape index (κ2) is 9.32. The quantitative estimate of drug-likeness (QED) is 0.664. The first-order valence-electron chi connectivity index (χ1n) is 7.77. The maximum absolute atomic E-state index is 12.1. The third kappa shape index (κ3) is 5.91. The van der Waals surface area contributed by atoms with Gasteiger partial charge >= 0.3 is 0 Å². The van der Waals surface area contributed by atoms with Gasteiger partial charge in [0.25, 0.3) is 0 Å². The van der Waals surface area contributed by atoms with Crippen LogP contribution in [0.5, 0.6) is 0 Å². The molecule has 1 saturated carbocycles. The normalized spacial score (nSPS) is 27.2. The molecule has 1 aliphatic carbocycles. The van der Waals surface area contributed by atoms with Gasteiger partial charge in [-0.3, -0.25) is 4.79 Å². The average Bonchev–Trinajstić information content (AvgIpc) is 2.40. The first-order chi connectivity index (χ1) is 9.16. The smallest absolute Gasteiger partial charge is 0.224 e. The molecule has 112 valence electrons. The van der Waals surface area contributed by atoms with Crippen LogP contribution in [-0.4, -0.2) is 31.7 Å². The Morgan fingerprint density at radius 2 is 2.05 bits per heavy atom. The lowest BCUT2D eigenvalue weighted by Gasteiger charge is -2.32. The highest BCUT2D eigenvalue weighted by Gasteiger charge is 2.32. The monoisotopic (exact) mass is 270 g/mol. The number of unbranched alkanes of at least 4 members (excludes halogenated alkanes) is 1. The number of hydrogen-bond acceptors (Lipinski definition) is 3. The lowest BCUT2D eigenvalue weighted by Crippen LogP contribution is -2.47. The molecule has 0 aliphatic heterocycles. The highest BCUT2D eigenvalue weighted by atomic mass is 16.5. The molecular formula is C15H30N2O2. The molecule has 0 radical (unpaired) electrons. The second-order valence-electron chi connectivity index (χ2n) is 5.70. The Balaban J connectivity index is 2.10. The highest BCUT2D eigenvalue weighted by molar-refractivity contribution is 5.79. The molecule has 0 saturated heterocycles. The van der Waals surface area contributed by atoms with Gasteiger partial charge in [-0.2, -0.15) is 0 Å². The molecular weight excluding hydrogens is 240 g/mol. The van der Waals surface area contributed by atoms with Gasteiger partial charge in [-0.1, -0.05) is 26.7 Å². The number of rotatable bonds is 8. The lowest BCUT2D eigenvalue weighted by atomic mass is 9.78. The molecule has 4 heteroatoms. The standard InChI is InChI=1S/C15H30N2O2/c1-3-4-10-19-11-6-9-17-15(18)13-8-5-7-12(2)14(13)16/h12-14H,3-11,16H2,1-2H3,(H,17,18). The van der Waals surface area contributed by atoms with Crippen LogP contribution in [0.2, 0.25) is 0 Å². The third-order valence-electron chi connectivity index (χ3n) is 4.04. The summed E-state index contributed by atoms with van der Waals surface area (Å²) in [6.45, 7) is 6.55. The molecule has 0 aromatic carbocycles. The van der Waals surface area contributed by atoms with Crippen LogP contribution in [0.15, 0.2) is 0 Å².